The van der Waals surface area contributed by atoms with Crippen LogP contribution in [0.15, 0.2) is 35.1 Å². The smallest absolute Gasteiger partial charge is 0.247 e. The van der Waals surface area contributed by atoms with Crippen LogP contribution >= 0.6 is 11.6 Å². The summed E-state index contributed by atoms with van der Waals surface area (Å²) in [6.45, 7) is 1.78. The van der Waals surface area contributed by atoms with Gasteiger partial charge >= 0.3 is 0 Å². The first-order valence-electron chi connectivity index (χ1n) is 5.93. The highest BCUT2D eigenvalue weighted by atomic mass is 35.5. The molecule has 2 rings (SSSR count). The maximum absolute atomic E-state index is 11.9. The zero-order chi connectivity index (χ0) is 14.6. The molecule has 0 spiro atoms. The fraction of sp³-hybridized carbons (Fsp3) is 0.333. The molecule has 0 saturated heterocycles. The standard InChI is InChI=1S/C12H14ClN3O3S/c1-9(6-13)7-20(17,18)16-11-4-2-3-10(5-11)12-15-14-8-19-12/h2-5,8-9,16H,6-7H2,1H3. The predicted octanol–water partition coefficient (Wildman–Crippen LogP) is 2.35. The van der Waals surface area contributed by atoms with E-state index in [9.17, 15) is 8.42 Å². The predicted molar refractivity (Wildman–Crippen MR) is 77.0 cm³/mol. The van der Waals surface area contributed by atoms with Gasteiger partial charge in [0.05, 0.1) is 5.75 Å². The second kappa shape index (κ2) is 6.23. The Morgan fingerprint density at radius 1 is 1.45 bits per heavy atom. The summed E-state index contributed by atoms with van der Waals surface area (Å²) in [6.07, 6.45) is 1.22. The summed E-state index contributed by atoms with van der Waals surface area (Å²) in [5, 5.41) is 7.36. The minimum Gasteiger partial charge on any atom is -0.423 e. The Kier molecular flexibility index (Phi) is 4.61. The van der Waals surface area contributed by atoms with Crippen molar-refractivity contribution in [2.24, 2.45) is 5.92 Å². The van der Waals surface area contributed by atoms with Crippen LogP contribution in [-0.4, -0.2) is 30.2 Å². The van der Waals surface area contributed by atoms with E-state index in [-0.39, 0.29) is 11.7 Å². The van der Waals surface area contributed by atoms with Crippen LogP contribution in [-0.2, 0) is 10.0 Å². The number of hydrogen-bond acceptors (Lipinski definition) is 5. The molecule has 8 heteroatoms. The van der Waals surface area contributed by atoms with Crippen LogP contribution in [0.3, 0.4) is 0 Å². The number of sulfonamides is 1. The zero-order valence-electron chi connectivity index (χ0n) is 10.8. The molecule has 0 bridgehead atoms. The number of halogens is 1. The van der Waals surface area contributed by atoms with Crippen LogP contribution in [0.25, 0.3) is 11.5 Å². The van der Waals surface area contributed by atoms with E-state index in [0.717, 1.165) is 0 Å². The molecule has 0 aliphatic rings. The summed E-state index contributed by atoms with van der Waals surface area (Å²) in [7, 11) is -3.43. The number of rotatable bonds is 6. The van der Waals surface area contributed by atoms with Crippen LogP contribution in [0.4, 0.5) is 5.69 Å². The van der Waals surface area contributed by atoms with Crippen molar-refractivity contribution in [2.45, 2.75) is 6.92 Å². The molecule has 108 valence electrons. The van der Waals surface area contributed by atoms with Crippen molar-refractivity contribution in [2.75, 3.05) is 16.4 Å². The van der Waals surface area contributed by atoms with E-state index in [0.29, 0.717) is 23.0 Å². The number of nitrogens with zero attached hydrogens (tertiary/aromatic N) is 2. The first-order valence-corrected chi connectivity index (χ1v) is 8.12. The van der Waals surface area contributed by atoms with Gasteiger partial charge in [0.15, 0.2) is 0 Å². The quantitative estimate of drug-likeness (QED) is 0.827. The summed E-state index contributed by atoms with van der Waals surface area (Å²) in [4.78, 5) is 0. The molecule has 1 atom stereocenters. The van der Waals surface area contributed by atoms with Gasteiger partial charge in [-0.1, -0.05) is 13.0 Å². The van der Waals surface area contributed by atoms with Gasteiger partial charge < -0.3 is 4.42 Å². The largest absolute Gasteiger partial charge is 0.423 e. The van der Waals surface area contributed by atoms with E-state index in [1.807, 2.05) is 0 Å². The molecule has 0 fully saturated rings. The highest BCUT2D eigenvalue weighted by Crippen LogP contribution is 2.21. The van der Waals surface area contributed by atoms with Gasteiger partial charge in [-0.25, -0.2) is 8.42 Å². The third-order valence-corrected chi connectivity index (χ3v) is 4.59. The second-order valence-electron chi connectivity index (χ2n) is 4.47. The number of hydrogen-bond donors (Lipinski definition) is 1. The Balaban J connectivity index is 2.16. The Bertz CT molecular complexity index is 658. The van der Waals surface area contributed by atoms with E-state index in [1.54, 1.807) is 31.2 Å². The summed E-state index contributed by atoms with van der Waals surface area (Å²) in [5.41, 5.74) is 1.09. The van der Waals surface area contributed by atoms with Gasteiger partial charge in [0, 0.05) is 17.1 Å². The van der Waals surface area contributed by atoms with E-state index in [2.05, 4.69) is 14.9 Å². The first-order chi connectivity index (χ1) is 9.50. The van der Waals surface area contributed by atoms with E-state index < -0.39 is 10.0 Å². The molecule has 6 nitrogen and oxygen atoms in total. The first kappa shape index (κ1) is 14.8. The number of nitrogens with one attached hydrogen (secondary N) is 1. The molecule has 0 saturated carbocycles. The molecule has 0 aliphatic heterocycles. The van der Waals surface area contributed by atoms with Crippen molar-refractivity contribution in [3.8, 4) is 11.5 Å². The van der Waals surface area contributed by atoms with Gasteiger partial charge in [-0.2, -0.15) is 0 Å². The summed E-state index contributed by atoms with van der Waals surface area (Å²) in [6, 6.07) is 6.76. The molecule has 1 aromatic heterocycles. The summed E-state index contributed by atoms with van der Waals surface area (Å²) in [5.74, 6) is 0.484. The van der Waals surface area contributed by atoms with Crippen molar-refractivity contribution in [1.82, 2.24) is 10.2 Å². The molecule has 0 radical (unpaired) electrons. The van der Waals surface area contributed by atoms with E-state index >= 15 is 0 Å². The van der Waals surface area contributed by atoms with E-state index in [4.69, 9.17) is 16.0 Å². The Labute approximate surface area is 122 Å². The molecular weight excluding hydrogens is 302 g/mol. The van der Waals surface area contributed by atoms with Crippen LogP contribution in [0.5, 0.6) is 0 Å². The van der Waals surface area contributed by atoms with Crippen LogP contribution in [0.2, 0.25) is 0 Å². The van der Waals surface area contributed by atoms with E-state index in [1.165, 1.54) is 6.39 Å². The van der Waals surface area contributed by atoms with Gasteiger partial charge in [0.25, 0.3) is 0 Å². The van der Waals surface area contributed by atoms with Crippen molar-refractivity contribution in [3.05, 3.63) is 30.7 Å². The van der Waals surface area contributed by atoms with Crippen molar-refractivity contribution < 1.29 is 12.8 Å². The minimum absolute atomic E-state index is 0.0265. The molecule has 20 heavy (non-hydrogen) atoms. The Morgan fingerprint density at radius 3 is 2.90 bits per heavy atom. The van der Waals surface area contributed by atoms with Gasteiger partial charge in [-0.05, 0) is 24.1 Å². The average Bonchev–Trinajstić information content (AvgIpc) is 2.91. The average molecular weight is 316 g/mol. The minimum atomic E-state index is -3.43. The topological polar surface area (TPSA) is 85.1 Å². The Morgan fingerprint density at radius 2 is 2.25 bits per heavy atom. The van der Waals surface area contributed by atoms with Crippen molar-refractivity contribution >= 4 is 27.3 Å². The van der Waals surface area contributed by atoms with Crippen LogP contribution in [0.1, 0.15) is 6.92 Å². The third-order valence-electron chi connectivity index (χ3n) is 2.51. The lowest BCUT2D eigenvalue weighted by Gasteiger charge is -2.11. The summed E-state index contributed by atoms with van der Waals surface area (Å²) < 4.78 is 31.5. The van der Waals surface area contributed by atoms with Crippen LogP contribution < -0.4 is 4.72 Å². The maximum atomic E-state index is 11.9. The highest BCUT2D eigenvalue weighted by molar-refractivity contribution is 7.92. The van der Waals surface area contributed by atoms with Crippen LogP contribution in [0, 0.1) is 5.92 Å². The molecule has 2 aromatic rings. The number of anilines is 1. The molecule has 1 N–H and O–H groups in total. The number of alkyl halides is 1. The molecule has 1 heterocycles. The fourth-order valence-electron chi connectivity index (χ4n) is 1.65. The second-order valence-corrected chi connectivity index (χ2v) is 6.54. The number of aromatic nitrogens is 2. The lowest BCUT2D eigenvalue weighted by molar-refractivity contribution is 0.568. The fourth-order valence-corrected chi connectivity index (χ4v) is 3.33. The van der Waals surface area contributed by atoms with Gasteiger partial charge in [-0.15, -0.1) is 21.8 Å². The van der Waals surface area contributed by atoms with Crippen molar-refractivity contribution in [1.29, 1.82) is 0 Å². The monoisotopic (exact) mass is 315 g/mol. The maximum Gasteiger partial charge on any atom is 0.247 e. The lowest BCUT2D eigenvalue weighted by Crippen LogP contribution is -2.22. The zero-order valence-corrected chi connectivity index (χ0v) is 12.4. The molecule has 0 amide bonds. The molecule has 1 aromatic carbocycles. The molecule has 1 unspecified atom stereocenters. The summed E-state index contributed by atoms with van der Waals surface area (Å²) >= 11 is 5.63. The molecule has 0 aliphatic carbocycles. The highest BCUT2D eigenvalue weighted by Gasteiger charge is 2.15. The number of benzene rings is 1. The Hall–Kier alpha value is -1.60. The SMILES string of the molecule is CC(CCl)CS(=O)(=O)Nc1cccc(-c2nnco2)c1. The molecular formula is C12H14ClN3O3S. The lowest BCUT2D eigenvalue weighted by atomic mass is 10.2. The van der Waals surface area contributed by atoms with Gasteiger partial charge in [-0.3, -0.25) is 4.72 Å². The third kappa shape index (κ3) is 3.94. The van der Waals surface area contributed by atoms with Gasteiger partial charge in [0.2, 0.25) is 22.3 Å². The van der Waals surface area contributed by atoms with Crippen molar-refractivity contribution in [3.63, 3.8) is 0 Å². The normalized spacial score (nSPS) is 13.1. The van der Waals surface area contributed by atoms with Gasteiger partial charge in [0.1, 0.15) is 0 Å².